The Labute approximate surface area is 124 Å². The summed E-state index contributed by atoms with van der Waals surface area (Å²) in [5.74, 6) is 0.457. The highest BCUT2D eigenvalue weighted by Gasteiger charge is 2.30. The number of nitrogens with zero attached hydrogens (tertiary/aromatic N) is 1. The Morgan fingerprint density at radius 3 is 2.85 bits per heavy atom. The van der Waals surface area contributed by atoms with E-state index in [2.05, 4.69) is 0 Å². The van der Waals surface area contributed by atoms with E-state index < -0.39 is 10.0 Å². The van der Waals surface area contributed by atoms with Gasteiger partial charge in [-0.2, -0.15) is 4.31 Å². The van der Waals surface area contributed by atoms with Crippen molar-refractivity contribution < 1.29 is 17.9 Å². The van der Waals surface area contributed by atoms with Crippen molar-refractivity contribution in [3.8, 4) is 5.75 Å². The van der Waals surface area contributed by atoms with Gasteiger partial charge in [0.25, 0.3) is 0 Å². The maximum Gasteiger partial charge on any atom is 0.243 e. The molecule has 0 spiro atoms. The molecular weight excluding hydrogens is 302 g/mol. The predicted molar refractivity (Wildman–Crippen MR) is 76.8 cm³/mol. The van der Waals surface area contributed by atoms with Gasteiger partial charge >= 0.3 is 0 Å². The van der Waals surface area contributed by atoms with Crippen molar-refractivity contribution in [2.75, 3.05) is 26.8 Å². The lowest BCUT2D eigenvalue weighted by atomic mass is 10.2. The zero-order valence-corrected chi connectivity index (χ0v) is 13.1. The molecule has 1 aromatic carbocycles. The van der Waals surface area contributed by atoms with Crippen LogP contribution in [-0.2, 0) is 14.8 Å². The van der Waals surface area contributed by atoms with Gasteiger partial charge in [-0.15, -0.1) is 0 Å². The summed E-state index contributed by atoms with van der Waals surface area (Å²) in [6.45, 7) is 3.14. The second-order valence-corrected chi connectivity index (χ2v) is 6.91. The molecule has 5 nitrogen and oxygen atoms in total. The van der Waals surface area contributed by atoms with Crippen molar-refractivity contribution in [1.82, 2.24) is 4.31 Å². The lowest BCUT2D eigenvalue weighted by Crippen LogP contribution is -2.45. The Kier molecular flexibility index (Phi) is 4.90. The van der Waals surface area contributed by atoms with Gasteiger partial charge < -0.3 is 9.47 Å². The molecule has 0 N–H and O–H groups in total. The predicted octanol–water partition coefficient (Wildman–Crippen LogP) is 2.15. The Balaban J connectivity index is 2.28. The molecule has 1 aliphatic heterocycles. The lowest BCUT2D eigenvalue weighted by molar-refractivity contribution is -0.00277. The highest BCUT2D eigenvalue weighted by molar-refractivity contribution is 7.89. The molecule has 112 valence electrons. The van der Waals surface area contributed by atoms with Crippen LogP contribution >= 0.6 is 11.6 Å². The summed E-state index contributed by atoms with van der Waals surface area (Å²) in [5, 5.41) is 0.286. The highest BCUT2D eigenvalue weighted by Crippen LogP contribution is 2.29. The van der Waals surface area contributed by atoms with E-state index in [9.17, 15) is 8.42 Å². The fourth-order valence-electron chi connectivity index (χ4n) is 2.11. The number of rotatable bonds is 4. The molecular formula is C13H18ClNO4S. The van der Waals surface area contributed by atoms with Crippen molar-refractivity contribution in [2.45, 2.75) is 24.3 Å². The molecule has 0 aliphatic carbocycles. The van der Waals surface area contributed by atoms with Crippen LogP contribution in [0.3, 0.4) is 0 Å². The number of morpholine rings is 1. The monoisotopic (exact) mass is 319 g/mol. The molecule has 20 heavy (non-hydrogen) atoms. The minimum absolute atomic E-state index is 0.0488. The fraction of sp³-hybridized carbons (Fsp3) is 0.538. The van der Waals surface area contributed by atoms with Crippen LogP contribution in [0.15, 0.2) is 23.1 Å². The molecule has 1 atom stereocenters. The number of sulfonamides is 1. The third-order valence-corrected chi connectivity index (χ3v) is 5.47. The van der Waals surface area contributed by atoms with E-state index in [1.807, 2.05) is 6.92 Å². The van der Waals surface area contributed by atoms with E-state index >= 15 is 0 Å². The van der Waals surface area contributed by atoms with Gasteiger partial charge in [-0.3, -0.25) is 0 Å². The molecule has 0 aromatic heterocycles. The minimum atomic E-state index is -3.54. The van der Waals surface area contributed by atoms with Crippen molar-refractivity contribution in [3.63, 3.8) is 0 Å². The van der Waals surface area contributed by atoms with Crippen molar-refractivity contribution in [1.29, 1.82) is 0 Å². The van der Waals surface area contributed by atoms with E-state index in [0.717, 1.165) is 6.42 Å². The van der Waals surface area contributed by atoms with E-state index in [1.165, 1.54) is 23.5 Å². The molecule has 0 radical (unpaired) electrons. The van der Waals surface area contributed by atoms with E-state index in [1.54, 1.807) is 6.07 Å². The molecule has 1 heterocycles. The average molecular weight is 320 g/mol. The van der Waals surface area contributed by atoms with Crippen molar-refractivity contribution in [3.05, 3.63) is 23.2 Å². The van der Waals surface area contributed by atoms with Gasteiger partial charge in [-0.1, -0.05) is 18.5 Å². The first-order chi connectivity index (χ1) is 9.48. The van der Waals surface area contributed by atoms with Crippen LogP contribution in [0.25, 0.3) is 0 Å². The summed E-state index contributed by atoms with van der Waals surface area (Å²) >= 11 is 6.00. The Morgan fingerprint density at radius 1 is 1.50 bits per heavy atom. The quantitative estimate of drug-likeness (QED) is 0.853. The molecule has 1 aliphatic rings. The normalized spacial score (nSPS) is 20.9. The number of hydrogen-bond donors (Lipinski definition) is 0. The molecule has 1 aromatic rings. The van der Waals surface area contributed by atoms with Crippen LogP contribution in [0.2, 0.25) is 5.02 Å². The first-order valence-electron chi connectivity index (χ1n) is 6.44. The number of benzene rings is 1. The Bertz CT molecular complexity index is 576. The van der Waals surface area contributed by atoms with E-state index in [0.29, 0.717) is 25.4 Å². The van der Waals surface area contributed by atoms with Gasteiger partial charge in [0.1, 0.15) is 5.75 Å². The first kappa shape index (κ1) is 15.6. The standard InChI is InChI=1S/C13H18ClNO4S/c1-3-10-9-15(6-7-19-10)20(16,17)11-4-5-13(18-2)12(14)8-11/h4-5,8,10H,3,6-7,9H2,1-2H3/t10-/m0/s1. The molecule has 0 unspecified atom stereocenters. The number of hydrogen-bond acceptors (Lipinski definition) is 4. The van der Waals surface area contributed by atoms with Gasteiger partial charge in [-0.25, -0.2) is 8.42 Å². The van der Waals surface area contributed by atoms with Crippen LogP contribution in [0, 0.1) is 0 Å². The third kappa shape index (κ3) is 3.09. The SMILES string of the molecule is CC[C@H]1CN(S(=O)(=O)c2ccc(OC)c(Cl)c2)CCO1. The zero-order valence-electron chi connectivity index (χ0n) is 11.5. The van der Waals surface area contributed by atoms with Gasteiger partial charge in [0.05, 0.1) is 29.7 Å². The van der Waals surface area contributed by atoms with Gasteiger partial charge in [0.15, 0.2) is 0 Å². The molecule has 1 fully saturated rings. The number of halogens is 1. The molecule has 1 saturated heterocycles. The summed E-state index contributed by atoms with van der Waals surface area (Å²) < 4.78 is 37.1. The third-order valence-electron chi connectivity index (χ3n) is 3.32. The van der Waals surface area contributed by atoms with Crippen LogP contribution in [0.1, 0.15) is 13.3 Å². The minimum Gasteiger partial charge on any atom is -0.495 e. The van der Waals surface area contributed by atoms with Crippen LogP contribution in [0.5, 0.6) is 5.75 Å². The zero-order chi connectivity index (χ0) is 14.8. The molecule has 0 saturated carbocycles. The number of methoxy groups -OCH3 is 1. The Morgan fingerprint density at radius 2 is 2.25 bits per heavy atom. The summed E-state index contributed by atoms with van der Waals surface area (Å²) in [7, 11) is -2.05. The summed E-state index contributed by atoms with van der Waals surface area (Å²) in [6, 6.07) is 4.50. The second kappa shape index (κ2) is 6.30. The topological polar surface area (TPSA) is 55.8 Å². The van der Waals surface area contributed by atoms with Gasteiger partial charge in [-0.05, 0) is 24.6 Å². The maximum absolute atomic E-state index is 12.6. The molecule has 7 heteroatoms. The van der Waals surface area contributed by atoms with E-state index in [4.69, 9.17) is 21.1 Å². The van der Waals surface area contributed by atoms with Crippen LogP contribution in [-0.4, -0.2) is 45.6 Å². The molecule has 2 rings (SSSR count). The van der Waals surface area contributed by atoms with Crippen LogP contribution < -0.4 is 4.74 Å². The average Bonchev–Trinajstić information content (AvgIpc) is 2.47. The summed E-state index contributed by atoms with van der Waals surface area (Å²) in [6.07, 6.45) is 0.738. The fourth-order valence-corrected chi connectivity index (χ4v) is 3.92. The van der Waals surface area contributed by atoms with Gasteiger partial charge in [0.2, 0.25) is 10.0 Å². The smallest absolute Gasteiger partial charge is 0.243 e. The first-order valence-corrected chi connectivity index (χ1v) is 8.26. The largest absolute Gasteiger partial charge is 0.495 e. The van der Waals surface area contributed by atoms with Gasteiger partial charge in [0, 0.05) is 13.1 Å². The molecule has 0 bridgehead atoms. The highest BCUT2D eigenvalue weighted by atomic mass is 35.5. The lowest BCUT2D eigenvalue weighted by Gasteiger charge is -2.31. The summed E-state index contributed by atoms with van der Waals surface area (Å²) in [5.41, 5.74) is 0. The van der Waals surface area contributed by atoms with E-state index in [-0.39, 0.29) is 16.0 Å². The van der Waals surface area contributed by atoms with Crippen molar-refractivity contribution >= 4 is 21.6 Å². The number of ether oxygens (including phenoxy) is 2. The second-order valence-electron chi connectivity index (χ2n) is 4.56. The van der Waals surface area contributed by atoms with Crippen molar-refractivity contribution in [2.24, 2.45) is 0 Å². The summed E-state index contributed by atoms with van der Waals surface area (Å²) in [4.78, 5) is 0.181. The Hall–Kier alpha value is -0.820. The molecule has 0 amide bonds. The van der Waals surface area contributed by atoms with Crippen LogP contribution in [0.4, 0.5) is 0 Å². The maximum atomic E-state index is 12.6.